The maximum Gasteiger partial charge on any atom is 0.251 e. The number of aliphatic hydroxyl groups excluding tert-OH is 1. The standard InChI is InChI=1S/C17H27N3O2/c1-12(2)11-20(3)15-6-4-13(5-7-15)17(22)19-9-14-8-18-10-16(14)21/h4-7,12,14,16,18,21H,8-11H2,1-3H3,(H,19,22). The van der Waals surface area contributed by atoms with Gasteiger partial charge in [0, 0.05) is 50.4 Å². The van der Waals surface area contributed by atoms with Crippen molar-refractivity contribution in [1.82, 2.24) is 10.6 Å². The van der Waals surface area contributed by atoms with Crippen molar-refractivity contribution in [1.29, 1.82) is 0 Å². The average molecular weight is 305 g/mol. The summed E-state index contributed by atoms with van der Waals surface area (Å²) in [6, 6.07) is 7.65. The highest BCUT2D eigenvalue weighted by atomic mass is 16.3. The summed E-state index contributed by atoms with van der Waals surface area (Å²) in [6.07, 6.45) is -0.368. The summed E-state index contributed by atoms with van der Waals surface area (Å²) >= 11 is 0. The van der Waals surface area contributed by atoms with Crippen molar-refractivity contribution in [3.05, 3.63) is 29.8 Å². The van der Waals surface area contributed by atoms with Gasteiger partial charge in [0.1, 0.15) is 0 Å². The third-order valence-electron chi connectivity index (χ3n) is 4.04. The van der Waals surface area contributed by atoms with E-state index in [1.807, 2.05) is 24.3 Å². The SMILES string of the molecule is CC(C)CN(C)c1ccc(C(=O)NCC2CNCC2O)cc1. The van der Waals surface area contributed by atoms with Crippen LogP contribution in [-0.2, 0) is 0 Å². The number of nitrogens with one attached hydrogen (secondary N) is 2. The van der Waals surface area contributed by atoms with E-state index in [-0.39, 0.29) is 17.9 Å². The van der Waals surface area contributed by atoms with Gasteiger partial charge in [0.2, 0.25) is 0 Å². The first-order valence-corrected chi connectivity index (χ1v) is 7.95. The molecule has 2 unspecified atom stereocenters. The lowest BCUT2D eigenvalue weighted by Crippen LogP contribution is -2.34. The molecule has 1 saturated heterocycles. The van der Waals surface area contributed by atoms with Gasteiger partial charge in [-0.3, -0.25) is 4.79 Å². The van der Waals surface area contributed by atoms with Crippen molar-refractivity contribution in [3.8, 4) is 0 Å². The van der Waals surface area contributed by atoms with Gasteiger partial charge < -0.3 is 20.6 Å². The quantitative estimate of drug-likeness (QED) is 0.736. The molecule has 5 heteroatoms. The van der Waals surface area contributed by atoms with Crippen LogP contribution in [0.2, 0.25) is 0 Å². The Hall–Kier alpha value is -1.59. The highest BCUT2D eigenvalue weighted by Crippen LogP contribution is 2.15. The lowest BCUT2D eigenvalue weighted by molar-refractivity contribution is 0.0927. The molecule has 1 aromatic carbocycles. The highest BCUT2D eigenvalue weighted by molar-refractivity contribution is 5.94. The Labute approximate surface area is 132 Å². The zero-order valence-corrected chi connectivity index (χ0v) is 13.7. The minimum absolute atomic E-state index is 0.0860. The van der Waals surface area contributed by atoms with E-state index in [9.17, 15) is 9.90 Å². The molecule has 122 valence electrons. The number of rotatable bonds is 6. The lowest BCUT2D eigenvalue weighted by atomic mass is 10.1. The first-order valence-electron chi connectivity index (χ1n) is 7.95. The molecule has 1 amide bonds. The molecule has 2 atom stereocenters. The fourth-order valence-corrected chi connectivity index (χ4v) is 2.77. The largest absolute Gasteiger partial charge is 0.391 e. The fourth-order valence-electron chi connectivity index (χ4n) is 2.77. The van der Waals surface area contributed by atoms with Gasteiger partial charge in [-0.1, -0.05) is 13.8 Å². The van der Waals surface area contributed by atoms with Gasteiger partial charge in [-0.15, -0.1) is 0 Å². The molecular weight excluding hydrogens is 278 g/mol. The number of benzene rings is 1. The lowest BCUT2D eigenvalue weighted by Gasteiger charge is -2.21. The number of amides is 1. The molecule has 22 heavy (non-hydrogen) atoms. The highest BCUT2D eigenvalue weighted by Gasteiger charge is 2.25. The first-order chi connectivity index (χ1) is 10.5. The van der Waals surface area contributed by atoms with Crippen molar-refractivity contribution in [2.75, 3.05) is 38.1 Å². The molecule has 2 rings (SSSR count). The van der Waals surface area contributed by atoms with Crippen LogP contribution in [0.4, 0.5) is 5.69 Å². The Morgan fingerprint density at radius 2 is 2.05 bits per heavy atom. The van der Waals surface area contributed by atoms with Crippen LogP contribution in [0.25, 0.3) is 0 Å². The molecule has 1 fully saturated rings. The molecule has 1 aromatic rings. The predicted octanol–water partition coefficient (Wildman–Crippen LogP) is 1.09. The minimum Gasteiger partial charge on any atom is -0.391 e. The zero-order valence-electron chi connectivity index (χ0n) is 13.7. The van der Waals surface area contributed by atoms with E-state index in [4.69, 9.17) is 0 Å². The van der Waals surface area contributed by atoms with E-state index < -0.39 is 0 Å². The molecule has 0 aromatic heterocycles. The molecule has 0 bridgehead atoms. The average Bonchev–Trinajstić information content (AvgIpc) is 2.89. The van der Waals surface area contributed by atoms with Crippen molar-refractivity contribution < 1.29 is 9.90 Å². The Morgan fingerprint density at radius 3 is 2.59 bits per heavy atom. The molecule has 0 spiro atoms. The predicted molar refractivity (Wildman–Crippen MR) is 89.2 cm³/mol. The van der Waals surface area contributed by atoms with Crippen molar-refractivity contribution >= 4 is 11.6 Å². The third kappa shape index (κ3) is 4.45. The number of carbonyl (C=O) groups excluding carboxylic acids is 1. The van der Waals surface area contributed by atoms with Crippen LogP contribution in [-0.4, -0.2) is 50.3 Å². The molecule has 0 aliphatic carbocycles. The first kappa shape index (κ1) is 16.8. The summed E-state index contributed by atoms with van der Waals surface area (Å²) in [6.45, 7) is 7.22. The number of anilines is 1. The van der Waals surface area contributed by atoms with Crippen LogP contribution in [0, 0.1) is 11.8 Å². The number of hydrogen-bond acceptors (Lipinski definition) is 4. The van der Waals surface area contributed by atoms with Crippen LogP contribution in [0.5, 0.6) is 0 Å². The number of nitrogens with zero attached hydrogens (tertiary/aromatic N) is 1. The molecule has 1 aliphatic rings. The van der Waals surface area contributed by atoms with Crippen molar-refractivity contribution in [3.63, 3.8) is 0 Å². The van der Waals surface area contributed by atoms with Crippen LogP contribution >= 0.6 is 0 Å². The van der Waals surface area contributed by atoms with Gasteiger partial charge >= 0.3 is 0 Å². The number of carbonyl (C=O) groups is 1. The Morgan fingerprint density at radius 1 is 1.36 bits per heavy atom. The smallest absolute Gasteiger partial charge is 0.251 e. The third-order valence-corrected chi connectivity index (χ3v) is 4.04. The fraction of sp³-hybridized carbons (Fsp3) is 0.588. The molecule has 1 aliphatic heterocycles. The monoisotopic (exact) mass is 305 g/mol. The molecule has 0 saturated carbocycles. The van der Waals surface area contributed by atoms with Gasteiger partial charge in [-0.2, -0.15) is 0 Å². The summed E-state index contributed by atoms with van der Waals surface area (Å²) in [5.41, 5.74) is 1.77. The van der Waals surface area contributed by atoms with E-state index >= 15 is 0 Å². The summed E-state index contributed by atoms with van der Waals surface area (Å²) in [4.78, 5) is 14.3. The van der Waals surface area contributed by atoms with E-state index in [1.165, 1.54) is 0 Å². The van der Waals surface area contributed by atoms with Crippen molar-refractivity contribution in [2.24, 2.45) is 11.8 Å². The van der Waals surface area contributed by atoms with Gasteiger partial charge in [-0.25, -0.2) is 0 Å². The second-order valence-corrected chi connectivity index (χ2v) is 6.52. The van der Waals surface area contributed by atoms with Crippen LogP contribution < -0.4 is 15.5 Å². The molecule has 5 nitrogen and oxygen atoms in total. The Kier molecular flexibility index (Phi) is 5.80. The summed E-state index contributed by atoms with van der Waals surface area (Å²) < 4.78 is 0. The van der Waals surface area contributed by atoms with E-state index in [2.05, 4.69) is 36.4 Å². The molecular formula is C17H27N3O2. The Bertz CT molecular complexity index is 487. The van der Waals surface area contributed by atoms with Gasteiger partial charge in [0.15, 0.2) is 0 Å². The topological polar surface area (TPSA) is 64.6 Å². The maximum atomic E-state index is 12.1. The second-order valence-electron chi connectivity index (χ2n) is 6.52. The Balaban J connectivity index is 1.88. The van der Waals surface area contributed by atoms with Gasteiger partial charge in [0.05, 0.1) is 6.10 Å². The number of hydrogen-bond donors (Lipinski definition) is 3. The summed E-state index contributed by atoms with van der Waals surface area (Å²) in [7, 11) is 2.06. The summed E-state index contributed by atoms with van der Waals surface area (Å²) in [5, 5.41) is 15.7. The van der Waals surface area contributed by atoms with Crippen LogP contribution in [0.15, 0.2) is 24.3 Å². The number of β-amino-alcohol motifs (C(OH)–C–C–N with tert-alkyl or cyclic N) is 1. The number of aliphatic hydroxyl groups is 1. The van der Waals surface area contributed by atoms with Crippen molar-refractivity contribution in [2.45, 2.75) is 20.0 Å². The maximum absolute atomic E-state index is 12.1. The van der Waals surface area contributed by atoms with Gasteiger partial charge in [-0.05, 0) is 30.2 Å². The summed E-state index contributed by atoms with van der Waals surface area (Å²) in [5.74, 6) is 0.608. The van der Waals surface area contributed by atoms with E-state index in [0.29, 0.717) is 24.6 Å². The molecule has 3 N–H and O–H groups in total. The molecule has 0 radical (unpaired) electrons. The molecule has 1 heterocycles. The van der Waals surface area contributed by atoms with E-state index in [1.54, 1.807) is 0 Å². The zero-order chi connectivity index (χ0) is 16.1. The minimum atomic E-state index is -0.368. The van der Waals surface area contributed by atoms with E-state index in [0.717, 1.165) is 18.8 Å². The van der Waals surface area contributed by atoms with Crippen LogP contribution in [0.3, 0.4) is 0 Å². The second kappa shape index (κ2) is 7.61. The van der Waals surface area contributed by atoms with Gasteiger partial charge in [0.25, 0.3) is 5.91 Å². The van der Waals surface area contributed by atoms with Crippen LogP contribution in [0.1, 0.15) is 24.2 Å². The normalized spacial score (nSPS) is 21.1.